The number of nitrogens with zero attached hydrogens (tertiary/aromatic N) is 1. The van der Waals surface area contributed by atoms with E-state index in [4.69, 9.17) is 4.74 Å². The molecule has 4 nitrogen and oxygen atoms in total. The molecule has 8 aliphatic rings. The first-order valence-corrected chi connectivity index (χ1v) is 11.0. The molecule has 10 atom stereocenters. The highest BCUT2D eigenvalue weighted by molar-refractivity contribution is 5.86. The van der Waals surface area contributed by atoms with E-state index in [1.807, 2.05) is 0 Å². The number of carbonyl (C=O) groups is 1. The van der Waals surface area contributed by atoms with Crippen molar-refractivity contribution < 1.29 is 14.6 Å². The normalized spacial score (nSPS) is 67.6. The van der Waals surface area contributed by atoms with Crippen molar-refractivity contribution in [1.82, 2.24) is 4.90 Å². The Labute approximate surface area is 155 Å². The maximum Gasteiger partial charge on any atom is 0.137 e. The lowest BCUT2D eigenvalue weighted by molar-refractivity contribution is -0.240. The van der Waals surface area contributed by atoms with E-state index in [-0.39, 0.29) is 28.4 Å². The minimum absolute atomic E-state index is 0.00316. The average Bonchev–Trinajstić information content (AvgIpc) is 3.04. The number of carbonyl (C=O) groups excluding carboxylic acids is 1. The topological polar surface area (TPSA) is 49.8 Å². The van der Waals surface area contributed by atoms with Crippen LogP contribution in [0.3, 0.4) is 0 Å². The number of rotatable bonds is 0. The van der Waals surface area contributed by atoms with Crippen LogP contribution in [0.1, 0.15) is 58.8 Å². The van der Waals surface area contributed by atoms with Gasteiger partial charge in [0.2, 0.25) is 0 Å². The molecule has 2 spiro atoms. The molecule has 0 aromatic heterocycles. The van der Waals surface area contributed by atoms with Gasteiger partial charge in [-0.25, -0.2) is 0 Å². The van der Waals surface area contributed by atoms with Gasteiger partial charge in [-0.15, -0.1) is 0 Å². The Hall–Kier alpha value is -0.450. The molecule has 0 aromatic carbocycles. The summed E-state index contributed by atoms with van der Waals surface area (Å²) in [5.41, 5.74) is -0.305. The number of ether oxygens (including phenoxy) is 1. The number of Topliss-reactive ketones (excluding diaryl/α,β-unsaturated/α-hetero) is 1. The predicted molar refractivity (Wildman–Crippen MR) is 95.1 cm³/mol. The van der Waals surface area contributed by atoms with Gasteiger partial charge in [-0.2, -0.15) is 0 Å². The van der Waals surface area contributed by atoms with Crippen molar-refractivity contribution in [2.45, 2.75) is 76.7 Å². The molecule has 0 unspecified atom stereocenters. The quantitative estimate of drug-likeness (QED) is 0.724. The lowest BCUT2D eigenvalue weighted by atomic mass is 9.38. The van der Waals surface area contributed by atoms with Crippen molar-refractivity contribution in [3.63, 3.8) is 0 Å². The summed E-state index contributed by atoms with van der Waals surface area (Å²) < 4.78 is 6.34. The monoisotopic (exact) mass is 357 g/mol. The molecule has 2 heterocycles. The third kappa shape index (κ3) is 1.28. The summed E-state index contributed by atoms with van der Waals surface area (Å²) in [5, 5.41) is 11.2. The second kappa shape index (κ2) is 4.11. The standard InChI is InChI=1S/C22H31NO3/c1-19-4-3-5-22-15-9-12-8-13(17(22)23-6-7-26-18(19)23)21(15,11-20(12,2)25)10-14(24)16(19)22/h12-13,15-18,25H,3-11H2,1-2H3/t12-,13+,15+,16+,17+,18-,19+,20-,21+,22+/m0/s1. The van der Waals surface area contributed by atoms with E-state index < -0.39 is 5.60 Å². The fourth-order valence-corrected chi connectivity index (χ4v) is 10.7. The van der Waals surface area contributed by atoms with E-state index in [9.17, 15) is 9.90 Å². The molecular formula is C22H31NO3. The van der Waals surface area contributed by atoms with Gasteiger partial charge in [0.05, 0.1) is 12.2 Å². The van der Waals surface area contributed by atoms with Gasteiger partial charge in [-0.1, -0.05) is 13.3 Å². The van der Waals surface area contributed by atoms with E-state index in [0.29, 0.717) is 29.6 Å². The van der Waals surface area contributed by atoms with Gasteiger partial charge in [0.1, 0.15) is 12.0 Å². The molecule has 2 aliphatic heterocycles. The summed E-state index contributed by atoms with van der Waals surface area (Å²) in [4.78, 5) is 16.5. The van der Waals surface area contributed by atoms with Crippen LogP contribution < -0.4 is 0 Å². The van der Waals surface area contributed by atoms with E-state index in [0.717, 1.165) is 38.8 Å². The molecular weight excluding hydrogens is 326 g/mol. The Kier molecular flexibility index (Phi) is 2.45. The Balaban J connectivity index is 1.52. The number of fused-ring (bicyclic) bond motifs is 4. The highest BCUT2D eigenvalue weighted by Gasteiger charge is 2.84. The van der Waals surface area contributed by atoms with E-state index in [1.54, 1.807) is 0 Å². The molecule has 0 amide bonds. The Morgan fingerprint density at radius 2 is 2.08 bits per heavy atom. The molecule has 0 radical (unpaired) electrons. The predicted octanol–water partition coefficient (Wildman–Crippen LogP) is 2.59. The molecule has 4 heteroatoms. The van der Waals surface area contributed by atoms with Crippen molar-refractivity contribution in [3.05, 3.63) is 0 Å². The molecule has 6 bridgehead atoms. The summed E-state index contributed by atoms with van der Waals surface area (Å²) in [5.74, 6) is 2.43. The zero-order valence-electron chi connectivity index (χ0n) is 16.0. The second-order valence-electron chi connectivity index (χ2n) is 11.5. The molecule has 8 fully saturated rings. The Morgan fingerprint density at radius 1 is 1.23 bits per heavy atom. The fourth-order valence-electron chi connectivity index (χ4n) is 10.7. The zero-order valence-corrected chi connectivity index (χ0v) is 16.0. The molecule has 8 rings (SSSR count). The molecule has 2 saturated heterocycles. The summed E-state index contributed by atoms with van der Waals surface area (Å²) in [6.07, 6.45) is 7.70. The Bertz CT molecular complexity index is 735. The second-order valence-corrected chi connectivity index (χ2v) is 11.5. The van der Waals surface area contributed by atoms with Crippen molar-refractivity contribution in [2.24, 2.45) is 39.9 Å². The van der Waals surface area contributed by atoms with Gasteiger partial charge in [0.15, 0.2) is 0 Å². The van der Waals surface area contributed by atoms with Crippen molar-refractivity contribution in [2.75, 3.05) is 13.2 Å². The number of hydrogen-bond donors (Lipinski definition) is 1. The Morgan fingerprint density at radius 3 is 2.92 bits per heavy atom. The summed E-state index contributed by atoms with van der Waals surface area (Å²) in [6, 6.07) is 0.533. The number of hydrogen-bond acceptors (Lipinski definition) is 4. The smallest absolute Gasteiger partial charge is 0.137 e. The first-order valence-electron chi connectivity index (χ1n) is 11.0. The van der Waals surface area contributed by atoms with Gasteiger partial charge < -0.3 is 9.84 Å². The van der Waals surface area contributed by atoms with Crippen LogP contribution in [0.25, 0.3) is 0 Å². The first kappa shape index (κ1) is 15.5. The lowest BCUT2D eigenvalue weighted by Gasteiger charge is -2.68. The van der Waals surface area contributed by atoms with Crippen LogP contribution in [0.5, 0.6) is 0 Å². The van der Waals surface area contributed by atoms with Crippen LogP contribution >= 0.6 is 0 Å². The van der Waals surface area contributed by atoms with Gasteiger partial charge in [-0.3, -0.25) is 9.69 Å². The van der Waals surface area contributed by atoms with Gasteiger partial charge >= 0.3 is 0 Å². The van der Waals surface area contributed by atoms with Crippen LogP contribution in [-0.2, 0) is 9.53 Å². The van der Waals surface area contributed by atoms with E-state index >= 15 is 0 Å². The minimum Gasteiger partial charge on any atom is -0.390 e. The molecule has 26 heavy (non-hydrogen) atoms. The van der Waals surface area contributed by atoms with Crippen LogP contribution in [0.4, 0.5) is 0 Å². The maximum absolute atomic E-state index is 13.7. The lowest BCUT2D eigenvalue weighted by Crippen LogP contribution is -2.71. The van der Waals surface area contributed by atoms with E-state index in [2.05, 4.69) is 18.7 Å². The molecule has 1 N–H and O–H groups in total. The van der Waals surface area contributed by atoms with E-state index in [1.165, 1.54) is 19.3 Å². The molecule has 142 valence electrons. The number of ketones is 1. The molecule has 6 aliphatic carbocycles. The summed E-state index contributed by atoms with van der Waals surface area (Å²) in [7, 11) is 0. The summed E-state index contributed by atoms with van der Waals surface area (Å²) in [6.45, 7) is 6.32. The maximum atomic E-state index is 13.7. The highest BCUT2D eigenvalue weighted by Crippen LogP contribution is 2.83. The third-order valence-corrected chi connectivity index (χ3v) is 10.8. The van der Waals surface area contributed by atoms with Crippen LogP contribution in [0.15, 0.2) is 0 Å². The molecule has 0 aromatic rings. The number of aliphatic hydroxyl groups is 1. The van der Waals surface area contributed by atoms with Gasteiger partial charge in [-0.05, 0) is 62.2 Å². The van der Waals surface area contributed by atoms with Crippen molar-refractivity contribution >= 4 is 5.78 Å². The zero-order chi connectivity index (χ0) is 17.7. The third-order valence-electron chi connectivity index (χ3n) is 10.8. The largest absolute Gasteiger partial charge is 0.390 e. The number of piperidine rings is 1. The summed E-state index contributed by atoms with van der Waals surface area (Å²) >= 11 is 0. The van der Waals surface area contributed by atoms with Crippen molar-refractivity contribution in [3.8, 4) is 0 Å². The fraction of sp³-hybridized carbons (Fsp3) is 0.955. The highest BCUT2D eigenvalue weighted by atomic mass is 16.5. The van der Waals surface area contributed by atoms with Crippen LogP contribution in [0, 0.1) is 39.9 Å². The van der Waals surface area contributed by atoms with Gasteiger partial charge in [0, 0.05) is 35.8 Å². The van der Waals surface area contributed by atoms with Crippen molar-refractivity contribution in [1.29, 1.82) is 0 Å². The van der Waals surface area contributed by atoms with Crippen LogP contribution in [-0.4, -0.2) is 46.8 Å². The SMILES string of the molecule is C[C@@]12CCC[C@@]34[C@@H]1C(=O)C[C@@]15C[C@](C)(O)[C@@H](C[C@@H]1[C@H]3N1CCO[C@H]12)C[C@H]54. The first-order chi connectivity index (χ1) is 12.3. The van der Waals surface area contributed by atoms with Gasteiger partial charge in [0.25, 0.3) is 0 Å². The molecule has 6 saturated carbocycles. The minimum atomic E-state index is -0.566. The van der Waals surface area contributed by atoms with Crippen LogP contribution in [0.2, 0.25) is 0 Å². The average molecular weight is 357 g/mol.